The Morgan fingerprint density at radius 3 is 1.96 bits per heavy atom. The Labute approximate surface area is 267 Å². The molecular weight excluding hydrogens is 588 g/mol. The van der Waals surface area contributed by atoms with Crippen molar-refractivity contribution < 1.29 is 39.8 Å². The van der Waals surface area contributed by atoms with Crippen LogP contribution in [0.5, 0.6) is 11.5 Å². The fourth-order valence-electron chi connectivity index (χ4n) is 10.8. The number of carbonyl (C=O) groups excluding carboxylic acids is 1. The second-order valence-corrected chi connectivity index (χ2v) is 14.6. The summed E-state index contributed by atoms with van der Waals surface area (Å²) in [6.07, 6.45) is 7.59. The zero-order valence-corrected chi connectivity index (χ0v) is 26.0. The van der Waals surface area contributed by atoms with Crippen molar-refractivity contribution >= 4 is 5.78 Å². The summed E-state index contributed by atoms with van der Waals surface area (Å²) in [7, 11) is 4.08. The fourth-order valence-corrected chi connectivity index (χ4v) is 10.8. The highest BCUT2D eigenvalue weighted by Gasteiger charge is 2.72. The molecule has 4 heterocycles. The van der Waals surface area contributed by atoms with Crippen LogP contribution in [0.1, 0.15) is 46.2 Å². The number of piperidine rings is 2. The largest absolute Gasteiger partial charge is 0.486 e. The first kappa shape index (κ1) is 29.1. The molecular formula is C36H40N2O8. The Bertz CT molecular complexity index is 1760. The van der Waals surface area contributed by atoms with Gasteiger partial charge in [-0.3, -0.25) is 14.6 Å². The second-order valence-electron chi connectivity index (χ2n) is 14.6. The van der Waals surface area contributed by atoms with Crippen molar-refractivity contribution in [1.29, 1.82) is 0 Å². The third-order valence-electron chi connectivity index (χ3n) is 13.0. The molecule has 2 fully saturated rings. The van der Waals surface area contributed by atoms with E-state index in [9.17, 15) is 30.3 Å². The van der Waals surface area contributed by atoms with Crippen LogP contribution >= 0.6 is 0 Å². The highest BCUT2D eigenvalue weighted by Crippen LogP contribution is 2.64. The van der Waals surface area contributed by atoms with E-state index in [2.05, 4.69) is 9.80 Å². The summed E-state index contributed by atoms with van der Waals surface area (Å²) < 4.78 is 12.2. The van der Waals surface area contributed by atoms with E-state index in [0.717, 1.165) is 54.6 Å². The Morgan fingerprint density at radius 2 is 1.35 bits per heavy atom. The van der Waals surface area contributed by atoms with Crippen molar-refractivity contribution in [2.45, 2.75) is 91.3 Å². The molecule has 5 N–H and O–H groups in total. The molecule has 4 bridgehead atoms. The zero-order valence-electron chi connectivity index (χ0n) is 26.0. The average molecular weight is 629 g/mol. The van der Waals surface area contributed by atoms with Gasteiger partial charge in [-0.15, -0.1) is 0 Å². The molecule has 5 unspecified atom stereocenters. The summed E-state index contributed by atoms with van der Waals surface area (Å²) in [6, 6.07) is 7.76. The van der Waals surface area contributed by atoms with Gasteiger partial charge < -0.3 is 35.0 Å². The van der Waals surface area contributed by atoms with Gasteiger partial charge in [-0.1, -0.05) is 36.4 Å². The maximum Gasteiger partial charge on any atom is 0.196 e. The van der Waals surface area contributed by atoms with Gasteiger partial charge in [0.05, 0.1) is 24.0 Å². The van der Waals surface area contributed by atoms with Crippen LogP contribution in [0.15, 0.2) is 48.6 Å². The van der Waals surface area contributed by atoms with Gasteiger partial charge in [-0.2, -0.15) is 0 Å². The number of hydrogen-bond donors (Lipinski definition) is 5. The minimum absolute atomic E-state index is 0.0236. The van der Waals surface area contributed by atoms with E-state index in [1.807, 2.05) is 38.4 Å². The lowest BCUT2D eigenvalue weighted by atomic mass is 9.50. The molecule has 10 rings (SSSR count). The highest BCUT2D eigenvalue weighted by atomic mass is 16.5. The van der Waals surface area contributed by atoms with Crippen molar-refractivity contribution in [3.05, 3.63) is 82.0 Å². The van der Waals surface area contributed by atoms with Gasteiger partial charge in [0.25, 0.3) is 0 Å². The lowest BCUT2D eigenvalue weighted by Gasteiger charge is -2.61. The van der Waals surface area contributed by atoms with E-state index in [-0.39, 0.29) is 31.1 Å². The molecule has 2 spiro atoms. The summed E-state index contributed by atoms with van der Waals surface area (Å²) in [5, 5.41) is 53.2. The summed E-state index contributed by atoms with van der Waals surface area (Å²) in [5.41, 5.74) is 2.22. The van der Waals surface area contributed by atoms with Gasteiger partial charge in [0.15, 0.2) is 11.9 Å². The number of carbonyl (C=O) groups is 1. The topological polar surface area (TPSA) is 143 Å². The fraction of sp³-hybridized carbons (Fsp3) is 0.528. The molecule has 2 saturated heterocycles. The predicted molar refractivity (Wildman–Crippen MR) is 166 cm³/mol. The molecule has 8 aliphatic rings. The van der Waals surface area contributed by atoms with Crippen molar-refractivity contribution in [3.8, 4) is 11.5 Å². The molecule has 0 saturated carbocycles. The van der Waals surface area contributed by atoms with E-state index in [1.165, 1.54) is 11.6 Å². The number of benzene rings is 2. The molecule has 4 aliphatic heterocycles. The van der Waals surface area contributed by atoms with Crippen LogP contribution < -0.4 is 9.47 Å². The number of aliphatic hydroxyl groups is 5. The second kappa shape index (κ2) is 9.29. The minimum Gasteiger partial charge on any atom is -0.486 e. The number of ketones is 1. The van der Waals surface area contributed by atoms with Crippen LogP contribution in [0.4, 0.5) is 0 Å². The maximum atomic E-state index is 12.5. The van der Waals surface area contributed by atoms with Crippen LogP contribution in [-0.2, 0) is 41.7 Å². The SMILES string of the molecule is CN1CCC23c4c5ccc(CO)c4O[C@H]2C(=O)C=C[C@@]3(O)C1C5.CN1CCC23c4c5ccc(CO)c4O[C@H]2C(O)C=C[C@@]3(O)C1C5. The van der Waals surface area contributed by atoms with Gasteiger partial charge >= 0.3 is 0 Å². The molecule has 242 valence electrons. The summed E-state index contributed by atoms with van der Waals surface area (Å²) in [5.74, 6) is 1.21. The lowest BCUT2D eigenvalue weighted by molar-refractivity contribution is -0.151. The van der Waals surface area contributed by atoms with E-state index < -0.39 is 40.3 Å². The summed E-state index contributed by atoms with van der Waals surface area (Å²) in [6.45, 7) is 1.44. The Hall–Kier alpha value is -3.09. The van der Waals surface area contributed by atoms with E-state index >= 15 is 0 Å². The van der Waals surface area contributed by atoms with Crippen LogP contribution in [0.3, 0.4) is 0 Å². The van der Waals surface area contributed by atoms with Crippen molar-refractivity contribution in [1.82, 2.24) is 9.80 Å². The van der Waals surface area contributed by atoms with E-state index in [1.54, 1.807) is 18.2 Å². The highest BCUT2D eigenvalue weighted by molar-refractivity contribution is 5.98. The third-order valence-corrected chi connectivity index (χ3v) is 13.0. The molecule has 0 amide bonds. The standard InChI is InChI=1S/C18H21NO4.C18H19NO4/c2*1-19-7-6-17-14-10-2-3-11(9-20)15(14)23-16(17)12(21)4-5-18(17,22)13(19)8-10/h2-5,12-13,16,20-22H,6-9H2,1H3;2-5,13,16,20,22H,6-9H2,1H3/t12?,13?,16-,17?,18+;13?,16-,17?,18+/m00/s1. The van der Waals surface area contributed by atoms with Crippen molar-refractivity contribution in [2.75, 3.05) is 27.2 Å². The van der Waals surface area contributed by atoms with Crippen LogP contribution in [0.2, 0.25) is 0 Å². The Morgan fingerprint density at radius 1 is 0.804 bits per heavy atom. The molecule has 4 aliphatic carbocycles. The van der Waals surface area contributed by atoms with Crippen LogP contribution in [0, 0.1) is 0 Å². The smallest absolute Gasteiger partial charge is 0.196 e. The summed E-state index contributed by atoms with van der Waals surface area (Å²) >= 11 is 0. The molecule has 0 radical (unpaired) electrons. The predicted octanol–water partition coefficient (Wildman–Crippen LogP) is 0.408. The molecule has 9 atom stereocenters. The molecule has 0 aromatic heterocycles. The lowest BCUT2D eigenvalue weighted by Crippen LogP contribution is -2.75. The van der Waals surface area contributed by atoms with Gasteiger partial charge in [0.1, 0.15) is 34.9 Å². The number of aliphatic hydroxyl groups excluding tert-OH is 3. The van der Waals surface area contributed by atoms with Crippen molar-refractivity contribution in [3.63, 3.8) is 0 Å². The van der Waals surface area contributed by atoms with Crippen molar-refractivity contribution in [2.24, 2.45) is 0 Å². The number of likely N-dealkylation sites (N-methyl/N-ethyl adjacent to an activating group) is 2. The monoisotopic (exact) mass is 628 g/mol. The molecule has 46 heavy (non-hydrogen) atoms. The van der Waals surface area contributed by atoms with Gasteiger partial charge in [-0.05, 0) is 76.1 Å². The van der Waals surface area contributed by atoms with E-state index in [4.69, 9.17) is 9.47 Å². The number of hydrogen-bond acceptors (Lipinski definition) is 10. The molecule has 10 heteroatoms. The third kappa shape index (κ3) is 3.10. The first-order chi connectivity index (χ1) is 22.1. The Balaban J connectivity index is 0.000000127. The molecule has 10 nitrogen and oxygen atoms in total. The van der Waals surface area contributed by atoms with E-state index in [0.29, 0.717) is 23.5 Å². The maximum absolute atomic E-state index is 12.5. The minimum atomic E-state index is -1.11. The average Bonchev–Trinajstić information content (AvgIpc) is 3.59. The molecule has 2 aromatic rings. The number of nitrogens with zero attached hydrogens (tertiary/aromatic N) is 2. The van der Waals surface area contributed by atoms with Gasteiger partial charge in [-0.25, -0.2) is 0 Å². The molecule has 2 aromatic carbocycles. The first-order valence-electron chi connectivity index (χ1n) is 16.4. The number of ether oxygens (including phenoxy) is 2. The first-order valence-corrected chi connectivity index (χ1v) is 16.4. The summed E-state index contributed by atoms with van der Waals surface area (Å²) in [4.78, 5) is 16.9. The number of rotatable bonds is 2. The normalized spacial score (nSPS) is 41.6. The quantitative estimate of drug-likeness (QED) is 0.297. The Kier molecular flexibility index (Phi) is 5.87. The van der Waals surface area contributed by atoms with Crippen LogP contribution in [0.25, 0.3) is 0 Å². The van der Waals surface area contributed by atoms with Gasteiger partial charge in [0.2, 0.25) is 0 Å². The van der Waals surface area contributed by atoms with Gasteiger partial charge in [0, 0.05) is 34.3 Å². The zero-order chi connectivity index (χ0) is 32.0. The number of likely N-dealkylation sites (tertiary alicyclic amines) is 2. The van der Waals surface area contributed by atoms with Crippen LogP contribution in [-0.4, -0.2) is 110 Å².